The van der Waals surface area contributed by atoms with Crippen molar-refractivity contribution in [2.45, 2.75) is 76.0 Å². The van der Waals surface area contributed by atoms with Crippen LogP contribution in [0.4, 0.5) is 0 Å². The first-order valence-electron chi connectivity index (χ1n) is 10.8. The number of carbonyl (C=O) groups excluding carboxylic acids is 1. The van der Waals surface area contributed by atoms with Gasteiger partial charge in [0.25, 0.3) is 0 Å². The zero-order chi connectivity index (χ0) is 18.9. The molecule has 1 spiro atoms. The second-order valence-corrected chi connectivity index (χ2v) is 8.92. The van der Waals surface area contributed by atoms with Crippen LogP contribution in [0.2, 0.25) is 0 Å². The molecule has 1 aromatic carbocycles. The van der Waals surface area contributed by atoms with Crippen molar-refractivity contribution >= 4 is 5.91 Å². The van der Waals surface area contributed by atoms with Crippen molar-refractivity contribution in [1.29, 1.82) is 0 Å². The molecule has 2 saturated heterocycles. The molecule has 2 aliphatic heterocycles. The Kier molecular flexibility index (Phi) is 5.56. The minimum atomic E-state index is 0.0879. The highest BCUT2D eigenvalue weighted by Crippen LogP contribution is 2.42. The lowest BCUT2D eigenvalue weighted by atomic mass is 9.76. The van der Waals surface area contributed by atoms with Crippen LogP contribution in [-0.4, -0.2) is 60.1 Å². The van der Waals surface area contributed by atoms with Crippen molar-refractivity contribution in [2.24, 2.45) is 0 Å². The summed E-state index contributed by atoms with van der Waals surface area (Å²) in [6.07, 6.45) is 8.74. The summed E-state index contributed by atoms with van der Waals surface area (Å²) in [5.74, 6) is 0.247. The minimum Gasteiger partial charge on any atom is -0.375 e. The molecule has 0 N–H and O–H groups in total. The fourth-order valence-electron chi connectivity index (χ4n) is 5.42. The van der Waals surface area contributed by atoms with Crippen molar-refractivity contribution in [3.8, 4) is 0 Å². The Morgan fingerprint density at radius 1 is 1.19 bits per heavy atom. The average Bonchev–Trinajstić information content (AvgIpc) is 3.35. The Labute approximate surface area is 163 Å². The van der Waals surface area contributed by atoms with Crippen LogP contribution in [0.3, 0.4) is 0 Å². The van der Waals surface area contributed by atoms with Crippen LogP contribution < -0.4 is 0 Å². The fourth-order valence-corrected chi connectivity index (χ4v) is 5.42. The van der Waals surface area contributed by atoms with Gasteiger partial charge in [-0.15, -0.1) is 0 Å². The molecule has 0 aromatic heterocycles. The normalized spacial score (nSPS) is 31.5. The van der Waals surface area contributed by atoms with Gasteiger partial charge in [0.2, 0.25) is 5.91 Å². The summed E-state index contributed by atoms with van der Waals surface area (Å²) < 4.78 is 6.24. The number of likely N-dealkylation sites (tertiary alicyclic amines) is 1. The van der Waals surface area contributed by atoms with E-state index >= 15 is 0 Å². The minimum absolute atomic E-state index is 0.0879. The molecule has 1 aliphatic carbocycles. The maximum Gasteiger partial charge on any atom is 0.227 e. The number of amides is 1. The van der Waals surface area contributed by atoms with Crippen molar-refractivity contribution in [2.75, 3.05) is 26.7 Å². The van der Waals surface area contributed by atoms with Crippen LogP contribution in [0, 0.1) is 6.92 Å². The van der Waals surface area contributed by atoms with Crippen LogP contribution >= 0.6 is 0 Å². The van der Waals surface area contributed by atoms with Crippen LogP contribution in [0.15, 0.2) is 24.3 Å². The van der Waals surface area contributed by atoms with Gasteiger partial charge in [0, 0.05) is 25.7 Å². The average molecular weight is 371 g/mol. The second-order valence-electron chi connectivity index (χ2n) is 8.92. The number of hydrogen-bond donors (Lipinski definition) is 0. The number of aryl methyl sites for hydroxylation is 1. The molecule has 3 fully saturated rings. The van der Waals surface area contributed by atoms with Crippen LogP contribution in [0.5, 0.6) is 0 Å². The van der Waals surface area contributed by atoms with Gasteiger partial charge in [-0.25, -0.2) is 0 Å². The van der Waals surface area contributed by atoms with Crippen LogP contribution in [0.1, 0.15) is 56.1 Å². The molecule has 148 valence electrons. The molecule has 1 saturated carbocycles. The number of hydrogen-bond acceptors (Lipinski definition) is 3. The van der Waals surface area contributed by atoms with Crippen molar-refractivity contribution in [1.82, 2.24) is 9.80 Å². The Balaban J connectivity index is 1.47. The van der Waals surface area contributed by atoms with E-state index in [0.717, 1.165) is 31.4 Å². The number of benzene rings is 1. The van der Waals surface area contributed by atoms with Gasteiger partial charge in [-0.2, -0.15) is 0 Å². The molecule has 4 heteroatoms. The number of nitrogens with zero attached hydrogens (tertiary/aromatic N) is 2. The predicted octanol–water partition coefficient (Wildman–Crippen LogP) is 3.56. The summed E-state index contributed by atoms with van der Waals surface area (Å²) in [5.41, 5.74) is 2.44. The molecule has 0 bridgehead atoms. The summed E-state index contributed by atoms with van der Waals surface area (Å²) in [6, 6.07) is 9.12. The van der Waals surface area contributed by atoms with Crippen molar-refractivity contribution < 1.29 is 9.53 Å². The van der Waals surface area contributed by atoms with Crippen LogP contribution in [0.25, 0.3) is 0 Å². The molecule has 2 heterocycles. The van der Waals surface area contributed by atoms with Gasteiger partial charge < -0.3 is 9.64 Å². The summed E-state index contributed by atoms with van der Waals surface area (Å²) in [6.45, 7) is 5.36. The smallest absolute Gasteiger partial charge is 0.227 e. The number of likely N-dealkylation sites (N-methyl/N-ethyl adjacent to an activating group) is 1. The molecule has 3 atom stereocenters. The lowest BCUT2D eigenvalue weighted by molar-refractivity contribution is -0.136. The first kappa shape index (κ1) is 18.9. The Morgan fingerprint density at radius 3 is 2.59 bits per heavy atom. The largest absolute Gasteiger partial charge is 0.375 e. The lowest BCUT2D eigenvalue weighted by Crippen LogP contribution is -2.58. The van der Waals surface area contributed by atoms with E-state index in [-0.39, 0.29) is 11.5 Å². The highest BCUT2D eigenvalue weighted by Gasteiger charge is 2.47. The monoisotopic (exact) mass is 370 g/mol. The van der Waals surface area contributed by atoms with E-state index in [1.165, 1.54) is 44.3 Å². The van der Waals surface area contributed by atoms with Gasteiger partial charge in [-0.05, 0) is 70.5 Å². The molecule has 27 heavy (non-hydrogen) atoms. The molecule has 3 aliphatic rings. The van der Waals surface area contributed by atoms with Crippen molar-refractivity contribution in [3.05, 3.63) is 35.4 Å². The number of carbonyl (C=O) groups is 1. The quantitative estimate of drug-likeness (QED) is 0.812. The molecule has 4 nitrogen and oxygen atoms in total. The summed E-state index contributed by atoms with van der Waals surface area (Å²) in [7, 11) is 2.03. The highest BCUT2D eigenvalue weighted by molar-refractivity contribution is 5.79. The van der Waals surface area contributed by atoms with E-state index in [0.29, 0.717) is 18.5 Å². The third-order valence-corrected chi connectivity index (χ3v) is 7.08. The third kappa shape index (κ3) is 4.07. The standard InChI is InChI=1S/C23H34N2O2/c1-18-6-8-19(9-7-18)16-22(26)24(2)20-10-12-23(11-5-15-27-23)17-21(20)25-13-3-4-14-25/h6-9,20-21H,3-5,10-17H2,1-2H3/t20-,21-,23-/m1/s1. The zero-order valence-corrected chi connectivity index (χ0v) is 17.0. The van der Waals surface area contributed by atoms with Gasteiger partial charge in [0.05, 0.1) is 12.0 Å². The first-order valence-corrected chi connectivity index (χ1v) is 10.8. The van der Waals surface area contributed by atoms with Crippen LogP contribution in [-0.2, 0) is 16.0 Å². The van der Waals surface area contributed by atoms with Gasteiger partial charge in [-0.1, -0.05) is 29.8 Å². The van der Waals surface area contributed by atoms with Gasteiger partial charge in [0.1, 0.15) is 0 Å². The molecule has 0 radical (unpaired) electrons. The Bertz CT molecular complexity index is 645. The molecular weight excluding hydrogens is 336 g/mol. The van der Waals surface area contributed by atoms with Gasteiger partial charge in [-0.3, -0.25) is 9.69 Å². The maximum atomic E-state index is 13.0. The molecule has 1 aromatic rings. The summed E-state index contributed by atoms with van der Waals surface area (Å²) >= 11 is 0. The third-order valence-electron chi connectivity index (χ3n) is 7.08. The summed E-state index contributed by atoms with van der Waals surface area (Å²) in [5, 5.41) is 0. The summed E-state index contributed by atoms with van der Waals surface area (Å²) in [4.78, 5) is 17.7. The number of ether oxygens (including phenoxy) is 1. The first-order chi connectivity index (χ1) is 13.1. The number of rotatable bonds is 4. The van der Waals surface area contributed by atoms with E-state index in [9.17, 15) is 4.79 Å². The van der Waals surface area contributed by atoms with E-state index < -0.39 is 0 Å². The van der Waals surface area contributed by atoms with Gasteiger partial charge in [0.15, 0.2) is 0 Å². The predicted molar refractivity (Wildman–Crippen MR) is 108 cm³/mol. The second kappa shape index (κ2) is 7.92. The highest BCUT2D eigenvalue weighted by atomic mass is 16.5. The Hall–Kier alpha value is -1.39. The van der Waals surface area contributed by atoms with E-state index in [4.69, 9.17) is 4.74 Å². The fraction of sp³-hybridized carbons (Fsp3) is 0.696. The van der Waals surface area contributed by atoms with E-state index in [1.54, 1.807) is 0 Å². The molecular formula is C23H34N2O2. The molecule has 0 unspecified atom stereocenters. The topological polar surface area (TPSA) is 32.8 Å². The molecule has 1 amide bonds. The van der Waals surface area contributed by atoms with Gasteiger partial charge >= 0.3 is 0 Å². The molecule has 4 rings (SSSR count). The van der Waals surface area contributed by atoms with E-state index in [1.807, 2.05) is 7.05 Å². The zero-order valence-electron chi connectivity index (χ0n) is 17.0. The Morgan fingerprint density at radius 2 is 1.93 bits per heavy atom. The maximum absolute atomic E-state index is 13.0. The van der Waals surface area contributed by atoms with Crippen molar-refractivity contribution in [3.63, 3.8) is 0 Å². The van der Waals surface area contributed by atoms with E-state index in [2.05, 4.69) is 41.0 Å². The SMILES string of the molecule is Cc1ccc(CC(=O)N(C)[C@@H]2CC[C@]3(CCCO3)C[C@H]2N2CCCC2)cc1. The lowest BCUT2D eigenvalue weighted by Gasteiger charge is -2.48.